The SMILES string of the molecule is Cc1ccc(-c2[nH]ncc2CN2CCOCC2)cc1C. The van der Waals surface area contributed by atoms with Gasteiger partial charge in [0.1, 0.15) is 0 Å². The minimum atomic E-state index is 0.830. The molecule has 0 aliphatic carbocycles. The lowest BCUT2D eigenvalue weighted by Crippen LogP contribution is -2.35. The van der Waals surface area contributed by atoms with E-state index in [1.807, 2.05) is 6.20 Å². The van der Waals surface area contributed by atoms with Crippen LogP contribution >= 0.6 is 0 Å². The van der Waals surface area contributed by atoms with Crippen LogP contribution in [0.25, 0.3) is 11.3 Å². The summed E-state index contributed by atoms with van der Waals surface area (Å²) in [6.45, 7) is 8.88. The Morgan fingerprint density at radius 2 is 2.00 bits per heavy atom. The molecule has 0 spiro atoms. The number of ether oxygens (including phenoxy) is 1. The molecule has 4 nitrogen and oxygen atoms in total. The summed E-state index contributed by atoms with van der Waals surface area (Å²) >= 11 is 0. The number of benzene rings is 1. The number of hydrogen-bond donors (Lipinski definition) is 1. The lowest BCUT2D eigenvalue weighted by molar-refractivity contribution is 0.0342. The Labute approximate surface area is 119 Å². The van der Waals surface area contributed by atoms with E-state index >= 15 is 0 Å². The zero-order chi connectivity index (χ0) is 13.9. The first-order valence-corrected chi connectivity index (χ1v) is 7.14. The fourth-order valence-corrected chi connectivity index (χ4v) is 2.58. The Hall–Kier alpha value is -1.65. The Morgan fingerprint density at radius 3 is 2.75 bits per heavy atom. The molecule has 1 N–H and O–H groups in total. The molecule has 1 aliphatic heterocycles. The molecule has 0 saturated carbocycles. The van der Waals surface area contributed by atoms with Crippen LogP contribution in [0.4, 0.5) is 0 Å². The molecule has 20 heavy (non-hydrogen) atoms. The molecule has 1 saturated heterocycles. The van der Waals surface area contributed by atoms with E-state index in [1.165, 1.54) is 22.3 Å². The third-order valence-electron chi connectivity index (χ3n) is 4.01. The number of rotatable bonds is 3. The van der Waals surface area contributed by atoms with Crippen molar-refractivity contribution < 1.29 is 4.74 Å². The lowest BCUT2D eigenvalue weighted by Gasteiger charge is -2.26. The molecular weight excluding hydrogens is 250 g/mol. The van der Waals surface area contributed by atoms with E-state index in [0.717, 1.165) is 38.5 Å². The third-order valence-corrected chi connectivity index (χ3v) is 4.01. The number of morpholine rings is 1. The smallest absolute Gasteiger partial charge is 0.0695 e. The highest BCUT2D eigenvalue weighted by atomic mass is 16.5. The first-order chi connectivity index (χ1) is 9.74. The van der Waals surface area contributed by atoms with Crippen molar-refractivity contribution in [3.8, 4) is 11.3 Å². The van der Waals surface area contributed by atoms with Crippen molar-refractivity contribution in [1.29, 1.82) is 0 Å². The standard InChI is InChI=1S/C16H21N3O/c1-12-3-4-14(9-13(12)2)16-15(10-17-18-16)11-19-5-7-20-8-6-19/h3-4,9-10H,5-8,11H2,1-2H3,(H,17,18). The maximum absolute atomic E-state index is 5.40. The number of aryl methyl sites for hydroxylation is 2. The van der Waals surface area contributed by atoms with Crippen molar-refractivity contribution in [2.75, 3.05) is 26.3 Å². The number of nitrogens with zero attached hydrogens (tertiary/aromatic N) is 2. The summed E-state index contributed by atoms with van der Waals surface area (Å²) in [5.74, 6) is 0. The van der Waals surface area contributed by atoms with Gasteiger partial charge in [0.05, 0.1) is 25.1 Å². The summed E-state index contributed by atoms with van der Waals surface area (Å²) in [7, 11) is 0. The van der Waals surface area contributed by atoms with Gasteiger partial charge in [-0.05, 0) is 31.0 Å². The zero-order valence-corrected chi connectivity index (χ0v) is 12.1. The largest absolute Gasteiger partial charge is 0.379 e. The maximum atomic E-state index is 5.40. The predicted octanol–water partition coefficient (Wildman–Crippen LogP) is 2.53. The lowest BCUT2D eigenvalue weighted by atomic mass is 10.0. The van der Waals surface area contributed by atoms with Crippen molar-refractivity contribution >= 4 is 0 Å². The third kappa shape index (κ3) is 2.76. The molecule has 0 amide bonds. The van der Waals surface area contributed by atoms with Gasteiger partial charge < -0.3 is 4.74 Å². The van der Waals surface area contributed by atoms with Crippen LogP contribution in [0.15, 0.2) is 24.4 Å². The first-order valence-electron chi connectivity index (χ1n) is 7.14. The molecule has 0 radical (unpaired) electrons. The van der Waals surface area contributed by atoms with Gasteiger partial charge in [-0.1, -0.05) is 12.1 Å². The second kappa shape index (κ2) is 5.77. The highest BCUT2D eigenvalue weighted by molar-refractivity contribution is 5.64. The van der Waals surface area contributed by atoms with Gasteiger partial charge in [-0.25, -0.2) is 0 Å². The monoisotopic (exact) mass is 271 g/mol. The number of aromatic amines is 1. The van der Waals surface area contributed by atoms with Gasteiger partial charge >= 0.3 is 0 Å². The van der Waals surface area contributed by atoms with Gasteiger partial charge in [0, 0.05) is 30.8 Å². The van der Waals surface area contributed by atoms with Crippen LogP contribution in [0.5, 0.6) is 0 Å². The molecule has 4 heteroatoms. The highest BCUT2D eigenvalue weighted by Crippen LogP contribution is 2.24. The zero-order valence-electron chi connectivity index (χ0n) is 12.1. The molecule has 1 aromatic heterocycles. The van der Waals surface area contributed by atoms with Crippen molar-refractivity contribution in [2.24, 2.45) is 0 Å². The van der Waals surface area contributed by atoms with E-state index in [9.17, 15) is 0 Å². The van der Waals surface area contributed by atoms with Crippen LogP contribution in [-0.2, 0) is 11.3 Å². The van der Waals surface area contributed by atoms with Gasteiger partial charge in [-0.2, -0.15) is 5.10 Å². The van der Waals surface area contributed by atoms with Crippen LogP contribution in [-0.4, -0.2) is 41.4 Å². The molecule has 1 fully saturated rings. The second-order valence-electron chi connectivity index (χ2n) is 5.46. The van der Waals surface area contributed by atoms with Crippen LogP contribution in [0.1, 0.15) is 16.7 Å². The number of nitrogens with one attached hydrogen (secondary N) is 1. The normalized spacial score (nSPS) is 16.5. The summed E-state index contributed by atoms with van der Waals surface area (Å²) in [6.07, 6.45) is 1.94. The predicted molar refractivity (Wildman–Crippen MR) is 79.6 cm³/mol. The summed E-state index contributed by atoms with van der Waals surface area (Å²) in [4.78, 5) is 2.42. The highest BCUT2D eigenvalue weighted by Gasteiger charge is 2.15. The van der Waals surface area contributed by atoms with Crippen LogP contribution < -0.4 is 0 Å². The van der Waals surface area contributed by atoms with E-state index in [0.29, 0.717) is 0 Å². The van der Waals surface area contributed by atoms with E-state index in [2.05, 4.69) is 47.1 Å². The Kier molecular flexibility index (Phi) is 3.85. The number of H-pyrrole nitrogens is 1. The van der Waals surface area contributed by atoms with Gasteiger partial charge in [-0.3, -0.25) is 10.00 Å². The molecule has 2 heterocycles. The van der Waals surface area contributed by atoms with Gasteiger partial charge in [0.25, 0.3) is 0 Å². The average Bonchev–Trinajstić information content (AvgIpc) is 2.91. The van der Waals surface area contributed by atoms with Crippen molar-refractivity contribution in [3.63, 3.8) is 0 Å². The van der Waals surface area contributed by atoms with E-state index in [4.69, 9.17) is 4.74 Å². The molecule has 106 valence electrons. The summed E-state index contributed by atoms with van der Waals surface area (Å²) in [5.41, 5.74) is 6.25. The van der Waals surface area contributed by atoms with Crippen LogP contribution in [0, 0.1) is 13.8 Å². The van der Waals surface area contributed by atoms with E-state index in [1.54, 1.807) is 0 Å². The molecule has 3 rings (SSSR count). The summed E-state index contributed by atoms with van der Waals surface area (Å²) < 4.78 is 5.40. The molecule has 1 aromatic carbocycles. The van der Waals surface area contributed by atoms with Crippen molar-refractivity contribution in [1.82, 2.24) is 15.1 Å². The molecule has 2 aromatic rings. The number of hydrogen-bond acceptors (Lipinski definition) is 3. The van der Waals surface area contributed by atoms with E-state index < -0.39 is 0 Å². The topological polar surface area (TPSA) is 41.2 Å². The quantitative estimate of drug-likeness (QED) is 0.932. The molecule has 0 bridgehead atoms. The Bertz CT molecular complexity index is 585. The fraction of sp³-hybridized carbons (Fsp3) is 0.438. The van der Waals surface area contributed by atoms with Crippen molar-refractivity contribution in [2.45, 2.75) is 20.4 Å². The minimum absolute atomic E-state index is 0.830. The van der Waals surface area contributed by atoms with Crippen LogP contribution in [0.2, 0.25) is 0 Å². The Balaban J connectivity index is 1.83. The summed E-state index contributed by atoms with van der Waals surface area (Å²) in [5, 5.41) is 7.38. The fourth-order valence-electron chi connectivity index (χ4n) is 2.58. The van der Waals surface area contributed by atoms with Gasteiger partial charge in [0.15, 0.2) is 0 Å². The number of aromatic nitrogens is 2. The average molecular weight is 271 g/mol. The minimum Gasteiger partial charge on any atom is -0.379 e. The van der Waals surface area contributed by atoms with E-state index in [-0.39, 0.29) is 0 Å². The maximum Gasteiger partial charge on any atom is 0.0695 e. The molecule has 0 atom stereocenters. The second-order valence-corrected chi connectivity index (χ2v) is 5.46. The summed E-state index contributed by atoms with van der Waals surface area (Å²) in [6, 6.07) is 6.56. The molecule has 0 unspecified atom stereocenters. The van der Waals surface area contributed by atoms with Gasteiger partial charge in [0.2, 0.25) is 0 Å². The first kappa shape index (κ1) is 13.3. The van der Waals surface area contributed by atoms with Gasteiger partial charge in [-0.15, -0.1) is 0 Å². The molecule has 1 aliphatic rings. The van der Waals surface area contributed by atoms with Crippen molar-refractivity contribution in [3.05, 3.63) is 41.1 Å². The van der Waals surface area contributed by atoms with Crippen LogP contribution in [0.3, 0.4) is 0 Å². The Morgan fingerprint density at radius 1 is 1.20 bits per heavy atom. The molecular formula is C16H21N3O.